The van der Waals surface area contributed by atoms with Crippen molar-refractivity contribution in [3.05, 3.63) is 101 Å². The number of alkyl halides is 2. The van der Waals surface area contributed by atoms with Gasteiger partial charge in [-0.1, -0.05) is 71.8 Å². The van der Waals surface area contributed by atoms with Crippen molar-refractivity contribution < 1.29 is 27.1 Å². The van der Waals surface area contributed by atoms with Gasteiger partial charge in [-0.2, -0.15) is 8.78 Å². The van der Waals surface area contributed by atoms with Crippen LogP contribution >= 0.6 is 0 Å². The van der Waals surface area contributed by atoms with Crippen molar-refractivity contribution in [1.82, 2.24) is 13.9 Å². The maximum atomic E-state index is 13.2. The molecule has 4 aromatic rings. The summed E-state index contributed by atoms with van der Waals surface area (Å²) in [5.41, 5.74) is 5.13. The second-order valence-corrected chi connectivity index (χ2v) is 10.9. The number of carbonyl (C=O) groups is 1. The molecule has 200 valence electrons. The molecular formula is C27H28F2N4O4S. The Kier molecular flexibility index (Phi) is 8.08. The monoisotopic (exact) mass is 542 g/mol. The first-order valence-corrected chi connectivity index (χ1v) is 13.4. The van der Waals surface area contributed by atoms with Crippen molar-refractivity contribution in [2.24, 2.45) is 4.99 Å². The quantitative estimate of drug-likeness (QED) is 0.322. The average Bonchev–Trinajstić information content (AvgIpc) is 3.16. The van der Waals surface area contributed by atoms with E-state index in [2.05, 4.69) is 4.99 Å². The Morgan fingerprint density at radius 2 is 1.47 bits per heavy atom. The van der Waals surface area contributed by atoms with E-state index in [-0.39, 0.29) is 12.0 Å². The molecule has 0 spiro atoms. The summed E-state index contributed by atoms with van der Waals surface area (Å²) in [7, 11) is -4.89. The fourth-order valence-electron chi connectivity index (χ4n) is 4.36. The summed E-state index contributed by atoms with van der Waals surface area (Å²) in [4.78, 5) is 15.8. The second kappa shape index (κ2) is 11.3. The minimum atomic E-state index is -4.89. The molecule has 0 bridgehead atoms. The number of amides is 1. The van der Waals surface area contributed by atoms with Crippen LogP contribution in [-0.4, -0.2) is 41.1 Å². The minimum Gasteiger partial charge on any atom is -0.463 e. The van der Waals surface area contributed by atoms with Crippen LogP contribution in [0.25, 0.3) is 11.0 Å². The highest BCUT2D eigenvalue weighted by atomic mass is 32.2. The number of sulfonamides is 1. The van der Waals surface area contributed by atoms with E-state index in [4.69, 9.17) is 0 Å². The van der Waals surface area contributed by atoms with E-state index in [0.717, 1.165) is 22.3 Å². The highest BCUT2D eigenvalue weighted by Gasteiger charge is 2.27. The molecule has 3 aromatic carbocycles. The highest BCUT2D eigenvalue weighted by Crippen LogP contribution is 2.22. The third-order valence-corrected chi connectivity index (χ3v) is 7.30. The summed E-state index contributed by atoms with van der Waals surface area (Å²) in [5.74, 6) is -3.60. The van der Waals surface area contributed by atoms with Gasteiger partial charge in [0.15, 0.2) is 0 Å². The summed E-state index contributed by atoms with van der Waals surface area (Å²) in [6.07, 6.45) is -1.20. The number of fused-ring (bicyclic) bond motifs is 1. The topological polar surface area (TPSA) is 106 Å². The van der Waals surface area contributed by atoms with E-state index < -0.39 is 34.5 Å². The van der Waals surface area contributed by atoms with Gasteiger partial charge in [0.2, 0.25) is 5.62 Å². The van der Waals surface area contributed by atoms with Crippen molar-refractivity contribution in [3.63, 3.8) is 0 Å². The van der Waals surface area contributed by atoms with Crippen molar-refractivity contribution >= 4 is 27.1 Å². The molecule has 0 unspecified atom stereocenters. The number of carboxylic acid groups (broad SMARTS) is 1. The SMILES string of the molecule is Cc1ccc(C[C@@H](CNS(=O)(=O)C(F)F)n2c(=NC(=O)O)n(Cc3ccc(C)cc3)c3ccccc32)cc1. The van der Waals surface area contributed by atoms with E-state index >= 15 is 0 Å². The standard InChI is InChI=1S/C27H28F2N4O4S/c1-18-7-11-20(12-8-18)15-22(16-30-38(36,37)25(28)29)33-24-6-4-3-5-23(24)32(26(33)31-27(34)35)17-21-13-9-19(2)10-14-21/h3-14,22,25,30H,15-17H2,1-2H3,(H,34,35)/t22-/m0/s1. The fourth-order valence-corrected chi connectivity index (χ4v) is 4.91. The Hall–Kier alpha value is -3.83. The summed E-state index contributed by atoms with van der Waals surface area (Å²) in [5, 5.41) is 9.67. The molecule has 1 amide bonds. The van der Waals surface area contributed by atoms with Crippen molar-refractivity contribution in [2.45, 2.75) is 38.6 Å². The Bertz CT molecular complexity index is 1610. The minimum absolute atomic E-state index is 0.0626. The molecule has 38 heavy (non-hydrogen) atoms. The van der Waals surface area contributed by atoms with E-state index in [0.29, 0.717) is 17.6 Å². The lowest BCUT2D eigenvalue weighted by Gasteiger charge is -2.21. The lowest BCUT2D eigenvalue weighted by molar-refractivity contribution is 0.204. The summed E-state index contributed by atoms with van der Waals surface area (Å²) in [6, 6.07) is 21.7. The molecule has 1 atom stereocenters. The largest absolute Gasteiger partial charge is 0.463 e. The van der Waals surface area contributed by atoms with E-state index in [1.165, 1.54) is 0 Å². The fraction of sp³-hybridized carbons (Fsp3) is 0.259. The van der Waals surface area contributed by atoms with Crippen molar-refractivity contribution in [3.8, 4) is 0 Å². The molecule has 1 heterocycles. The predicted octanol–water partition coefficient (Wildman–Crippen LogP) is 4.61. The molecule has 0 aliphatic rings. The Morgan fingerprint density at radius 3 is 2.03 bits per heavy atom. The van der Waals surface area contributed by atoms with Crippen LogP contribution in [0, 0.1) is 13.8 Å². The molecule has 2 N–H and O–H groups in total. The first-order chi connectivity index (χ1) is 18.0. The molecule has 0 saturated heterocycles. The van der Waals surface area contributed by atoms with Crippen LogP contribution in [0.2, 0.25) is 0 Å². The van der Waals surface area contributed by atoms with Gasteiger partial charge < -0.3 is 14.2 Å². The van der Waals surface area contributed by atoms with Gasteiger partial charge in [0.25, 0.3) is 10.0 Å². The van der Waals surface area contributed by atoms with Crippen molar-refractivity contribution in [1.29, 1.82) is 0 Å². The van der Waals surface area contributed by atoms with Crippen LogP contribution in [-0.2, 0) is 23.0 Å². The number of para-hydroxylation sites is 2. The van der Waals surface area contributed by atoms with E-state index in [1.807, 2.05) is 73.2 Å². The first-order valence-electron chi connectivity index (χ1n) is 11.9. The highest BCUT2D eigenvalue weighted by molar-refractivity contribution is 7.89. The second-order valence-electron chi connectivity index (χ2n) is 9.12. The maximum Gasteiger partial charge on any atom is 0.434 e. The number of aryl methyl sites for hydroxylation is 2. The smallest absolute Gasteiger partial charge is 0.434 e. The summed E-state index contributed by atoms with van der Waals surface area (Å²) >= 11 is 0. The van der Waals surface area contributed by atoms with E-state index in [9.17, 15) is 27.1 Å². The van der Waals surface area contributed by atoms with E-state index in [1.54, 1.807) is 27.3 Å². The predicted molar refractivity (Wildman–Crippen MR) is 141 cm³/mol. The summed E-state index contributed by atoms with van der Waals surface area (Å²) in [6.45, 7) is 3.78. The van der Waals surface area contributed by atoms with Crippen LogP contribution in [0.1, 0.15) is 28.3 Å². The van der Waals surface area contributed by atoms with Crippen LogP contribution in [0.5, 0.6) is 0 Å². The molecule has 1 aromatic heterocycles. The number of nitrogens with one attached hydrogen (secondary N) is 1. The van der Waals surface area contributed by atoms with Gasteiger partial charge >= 0.3 is 11.9 Å². The van der Waals surface area contributed by atoms with Crippen LogP contribution in [0.4, 0.5) is 13.6 Å². The number of imidazole rings is 1. The number of halogens is 2. The van der Waals surface area contributed by atoms with Crippen LogP contribution < -0.4 is 10.3 Å². The van der Waals surface area contributed by atoms with Crippen LogP contribution in [0.3, 0.4) is 0 Å². The zero-order valence-corrected chi connectivity index (χ0v) is 21.7. The Morgan fingerprint density at radius 1 is 0.921 bits per heavy atom. The van der Waals surface area contributed by atoms with Gasteiger partial charge in [0, 0.05) is 6.54 Å². The number of hydrogen-bond donors (Lipinski definition) is 2. The zero-order chi connectivity index (χ0) is 27.4. The third kappa shape index (κ3) is 6.17. The molecule has 8 nitrogen and oxygen atoms in total. The van der Waals surface area contributed by atoms with Crippen LogP contribution in [0.15, 0.2) is 77.8 Å². The number of rotatable bonds is 9. The average molecular weight is 543 g/mol. The maximum absolute atomic E-state index is 13.2. The number of benzene rings is 3. The van der Waals surface area contributed by atoms with Gasteiger partial charge in [0.1, 0.15) is 0 Å². The Balaban J connectivity index is 1.92. The van der Waals surface area contributed by atoms with Gasteiger partial charge in [-0.05, 0) is 43.5 Å². The molecule has 0 fully saturated rings. The molecule has 11 heteroatoms. The van der Waals surface area contributed by atoms with Gasteiger partial charge in [-0.15, -0.1) is 4.99 Å². The summed E-state index contributed by atoms with van der Waals surface area (Å²) < 4.78 is 55.6. The molecule has 0 radical (unpaired) electrons. The van der Waals surface area contributed by atoms with Gasteiger partial charge in [-0.25, -0.2) is 17.9 Å². The zero-order valence-electron chi connectivity index (χ0n) is 20.9. The van der Waals surface area contributed by atoms with Gasteiger partial charge in [0.05, 0.1) is 23.6 Å². The number of nitrogens with zero attached hydrogens (tertiary/aromatic N) is 3. The van der Waals surface area contributed by atoms with Gasteiger partial charge in [-0.3, -0.25) is 0 Å². The molecule has 4 rings (SSSR count). The molecule has 0 saturated carbocycles. The normalized spacial score (nSPS) is 13.3. The number of hydrogen-bond acceptors (Lipinski definition) is 3. The molecular weight excluding hydrogens is 514 g/mol. The third-order valence-electron chi connectivity index (χ3n) is 6.26. The van der Waals surface area contributed by atoms with Crippen molar-refractivity contribution in [2.75, 3.05) is 6.54 Å². The Labute approximate surface area is 218 Å². The lowest BCUT2D eigenvalue weighted by Crippen LogP contribution is -2.39. The number of aromatic nitrogens is 2. The molecule has 0 aliphatic heterocycles. The first kappa shape index (κ1) is 27.2. The lowest BCUT2D eigenvalue weighted by atomic mass is 10.0. The molecule has 0 aliphatic carbocycles.